The number of nitrogens with zero attached hydrogens (tertiary/aromatic N) is 1. The molecule has 1 aliphatic carbocycles. The monoisotopic (exact) mass is 635 g/mol. The van der Waals surface area contributed by atoms with Crippen LogP contribution in [0, 0.1) is 5.92 Å². The number of rotatable bonds is 10. The second kappa shape index (κ2) is 12.0. The molecule has 4 aromatic rings. The summed E-state index contributed by atoms with van der Waals surface area (Å²) in [7, 11) is -3.99. The molecule has 0 aliphatic heterocycles. The van der Waals surface area contributed by atoms with Crippen LogP contribution in [0.2, 0.25) is 5.02 Å². The van der Waals surface area contributed by atoms with Gasteiger partial charge in [0.05, 0.1) is 39.0 Å². The van der Waals surface area contributed by atoms with Crippen LogP contribution in [0.3, 0.4) is 0 Å². The molecular formula is C30H25ClF3NO7S. The number of hydrogen-bond acceptors (Lipinski definition) is 6. The Morgan fingerprint density at radius 1 is 1.05 bits per heavy atom. The molecule has 1 aliphatic rings. The Morgan fingerprint density at radius 2 is 1.77 bits per heavy atom. The largest absolute Gasteiger partial charge is 0.493 e. The molecule has 0 atom stereocenters. The average Bonchev–Trinajstić information content (AvgIpc) is 2.93. The van der Waals surface area contributed by atoms with Crippen molar-refractivity contribution in [1.82, 2.24) is 4.31 Å². The Hall–Kier alpha value is -3.87. The van der Waals surface area contributed by atoms with Crippen LogP contribution in [-0.2, 0) is 21.0 Å². The van der Waals surface area contributed by atoms with Crippen molar-refractivity contribution in [3.8, 4) is 17.1 Å². The summed E-state index contributed by atoms with van der Waals surface area (Å²) in [4.78, 5) is 24.1. The summed E-state index contributed by atoms with van der Waals surface area (Å²) in [5.74, 6) is -1.95. The highest BCUT2D eigenvalue weighted by Gasteiger charge is 2.42. The topological polar surface area (TPSA) is 114 Å². The van der Waals surface area contributed by atoms with Gasteiger partial charge in [-0.2, -0.15) is 17.5 Å². The molecule has 1 saturated carbocycles. The van der Waals surface area contributed by atoms with Crippen LogP contribution >= 0.6 is 11.6 Å². The zero-order chi connectivity index (χ0) is 30.9. The molecule has 13 heteroatoms. The number of carbonyl (C=O) groups is 1. The zero-order valence-corrected chi connectivity index (χ0v) is 24.0. The van der Waals surface area contributed by atoms with Crippen LogP contribution in [-0.4, -0.2) is 43.0 Å². The first-order valence-corrected chi connectivity index (χ1v) is 15.0. The molecule has 1 heterocycles. The Morgan fingerprint density at radius 3 is 2.44 bits per heavy atom. The Balaban J connectivity index is 1.40. The summed E-state index contributed by atoms with van der Waals surface area (Å²) in [5, 5.41) is 9.63. The molecule has 1 aromatic heterocycles. The average molecular weight is 636 g/mol. The van der Waals surface area contributed by atoms with Gasteiger partial charge in [0.15, 0.2) is 11.0 Å². The van der Waals surface area contributed by atoms with E-state index in [-0.39, 0.29) is 70.4 Å². The van der Waals surface area contributed by atoms with Crippen LogP contribution in [0.4, 0.5) is 13.2 Å². The van der Waals surface area contributed by atoms with E-state index in [1.165, 1.54) is 28.6 Å². The van der Waals surface area contributed by atoms with E-state index in [1.54, 1.807) is 24.3 Å². The van der Waals surface area contributed by atoms with Crippen molar-refractivity contribution in [2.24, 2.45) is 5.92 Å². The molecule has 0 spiro atoms. The molecule has 1 N–H and O–H groups in total. The molecule has 0 bridgehead atoms. The third kappa shape index (κ3) is 6.41. The Labute approximate surface area is 249 Å². The number of carboxylic acids is 1. The number of para-hydroxylation sites is 1. The first kappa shape index (κ1) is 30.6. The summed E-state index contributed by atoms with van der Waals surface area (Å²) in [5.41, 5.74) is -1.30. The quantitative estimate of drug-likeness (QED) is 0.199. The summed E-state index contributed by atoms with van der Waals surface area (Å²) in [6.07, 6.45) is -4.33. The van der Waals surface area contributed by atoms with Crippen LogP contribution in [0.25, 0.3) is 22.3 Å². The molecular weight excluding hydrogens is 611 g/mol. The van der Waals surface area contributed by atoms with Gasteiger partial charge in [0, 0.05) is 18.7 Å². The Kier molecular flexibility index (Phi) is 8.55. The first-order chi connectivity index (χ1) is 20.4. The first-order valence-electron chi connectivity index (χ1n) is 13.2. The molecule has 226 valence electrons. The predicted octanol–water partition coefficient (Wildman–Crippen LogP) is 6.46. The van der Waals surface area contributed by atoms with Crippen LogP contribution in [0.1, 0.15) is 24.8 Å². The van der Waals surface area contributed by atoms with Crippen molar-refractivity contribution in [2.75, 3.05) is 13.2 Å². The fraction of sp³-hybridized carbons (Fsp3) is 0.267. The SMILES string of the molecule is O=C(O)C1CC(N(CCCOc2cc(C(F)(F)F)ccc2-c2cc(=O)c3cccc(Cl)c3o2)S(=O)(=O)c2ccccc2)C1. The molecule has 5 rings (SSSR count). The number of alkyl halides is 3. The number of aliphatic carboxylic acids is 1. The minimum Gasteiger partial charge on any atom is -0.493 e. The van der Waals surface area contributed by atoms with Crippen molar-refractivity contribution in [2.45, 2.75) is 36.4 Å². The lowest BCUT2D eigenvalue weighted by molar-refractivity contribution is -0.146. The van der Waals surface area contributed by atoms with Gasteiger partial charge in [-0.1, -0.05) is 35.9 Å². The Bertz CT molecular complexity index is 1820. The van der Waals surface area contributed by atoms with E-state index in [0.717, 1.165) is 24.3 Å². The molecule has 0 saturated heterocycles. The van der Waals surface area contributed by atoms with Crippen molar-refractivity contribution < 1.29 is 40.6 Å². The van der Waals surface area contributed by atoms with Gasteiger partial charge >= 0.3 is 12.1 Å². The van der Waals surface area contributed by atoms with Gasteiger partial charge in [-0.05, 0) is 61.7 Å². The number of carboxylic acid groups (broad SMARTS) is 1. The number of sulfonamides is 1. The highest BCUT2D eigenvalue weighted by atomic mass is 35.5. The summed E-state index contributed by atoms with van der Waals surface area (Å²) in [6.45, 7) is -0.258. The number of hydrogen-bond donors (Lipinski definition) is 1. The van der Waals surface area contributed by atoms with Crippen LogP contribution < -0.4 is 10.2 Å². The summed E-state index contributed by atoms with van der Waals surface area (Å²) in [6, 6.07) is 15.6. The van der Waals surface area contributed by atoms with E-state index < -0.39 is 45.1 Å². The van der Waals surface area contributed by atoms with Gasteiger partial charge in [-0.15, -0.1) is 0 Å². The van der Waals surface area contributed by atoms with Crippen molar-refractivity contribution in [3.05, 3.63) is 93.6 Å². The van der Waals surface area contributed by atoms with E-state index in [9.17, 15) is 36.3 Å². The van der Waals surface area contributed by atoms with Gasteiger partial charge in [-0.3, -0.25) is 9.59 Å². The van der Waals surface area contributed by atoms with Crippen molar-refractivity contribution >= 4 is 38.6 Å². The van der Waals surface area contributed by atoms with Gasteiger partial charge in [-0.25, -0.2) is 8.42 Å². The van der Waals surface area contributed by atoms with E-state index in [2.05, 4.69) is 0 Å². The highest BCUT2D eigenvalue weighted by Crippen LogP contribution is 2.39. The summed E-state index contributed by atoms with van der Waals surface area (Å²) < 4.78 is 80.4. The van der Waals surface area contributed by atoms with Crippen molar-refractivity contribution in [3.63, 3.8) is 0 Å². The predicted molar refractivity (Wildman–Crippen MR) is 153 cm³/mol. The smallest absolute Gasteiger partial charge is 0.416 e. The number of halogens is 4. The minimum atomic E-state index is -4.68. The summed E-state index contributed by atoms with van der Waals surface area (Å²) >= 11 is 6.20. The lowest BCUT2D eigenvalue weighted by Gasteiger charge is -2.40. The second-order valence-electron chi connectivity index (χ2n) is 10.1. The molecule has 1 fully saturated rings. The normalized spacial score (nSPS) is 17.1. The van der Waals surface area contributed by atoms with Gasteiger partial charge < -0.3 is 14.3 Å². The van der Waals surface area contributed by atoms with Gasteiger partial charge in [0.25, 0.3) is 0 Å². The van der Waals surface area contributed by atoms with E-state index in [0.29, 0.717) is 0 Å². The van der Waals surface area contributed by atoms with Crippen LogP contribution in [0.5, 0.6) is 5.75 Å². The van der Waals surface area contributed by atoms with Crippen LogP contribution in [0.15, 0.2) is 86.9 Å². The lowest BCUT2D eigenvalue weighted by Crippen LogP contribution is -2.50. The standard InChI is InChI=1S/C30H25ClF3NO7S/c31-24-9-4-8-22-25(36)17-27(42-28(22)24)23-11-10-19(30(32,33)34)16-26(23)41-13-5-12-35(20-14-18(15-20)29(37)38)43(39,40)21-6-2-1-3-7-21/h1-4,6-11,16-18,20H,5,12-15H2,(H,37,38). The van der Waals surface area contributed by atoms with E-state index >= 15 is 0 Å². The zero-order valence-electron chi connectivity index (χ0n) is 22.4. The highest BCUT2D eigenvalue weighted by molar-refractivity contribution is 7.89. The fourth-order valence-electron chi connectivity index (χ4n) is 4.95. The maximum Gasteiger partial charge on any atom is 0.416 e. The fourth-order valence-corrected chi connectivity index (χ4v) is 6.87. The van der Waals surface area contributed by atoms with Gasteiger partial charge in [0.2, 0.25) is 10.0 Å². The maximum absolute atomic E-state index is 13.6. The van der Waals surface area contributed by atoms with Crippen molar-refractivity contribution in [1.29, 1.82) is 0 Å². The molecule has 0 radical (unpaired) electrons. The minimum absolute atomic E-state index is 0.0415. The van der Waals surface area contributed by atoms with Gasteiger partial charge in [0.1, 0.15) is 11.5 Å². The molecule has 8 nitrogen and oxygen atoms in total. The van der Waals surface area contributed by atoms with E-state index in [1.807, 2.05) is 0 Å². The number of fused-ring (bicyclic) bond motifs is 1. The maximum atomic E-state index is 13.6. The van der Waals surface area contributed by atoms with E-state index in [4.69, 9.17) is 20.8 Å². The number of benzene rings is 3. The number of ether oxygens (including phenoxy) is 1. The lowest BCUT2D eigenvalue weighted by atomic mass is 9.80. The molecule has 43 heavy (non-hydrogen) atoms. The molecule has 0 amide bonds. The second-order valence-corrected chi connectivity index (χ2v) is 12.4. The third-order valence-corrected chi connectivity index (χ3v) is 9.54. The molecule has 3 aromatic carbocycles. The molecule has 0 unspecified atom stereocenters. The third-order valence-electron chi connectivity index (χ3n) is 7.28.